The summed E-state index contributed by atoms with van der Waals surface area (Å²) in [5.41, 5.74) is -3.37. The van der Waals surface area contributed by atoms with Gasteiger partial charge in [-0.25, -0.2) is 4.98 Å². The van der Waals surface area contributed by atoms with Crippen molar-refractivity contribution in [2.75, 3.05) is 13.3 Å². The van der Waals surface area contributed by atoms with Crippen LogP contribution in [0.1, 0.15) is 27.0 Å². The second-order valence-electron chi connectivity index (χ2n) is 7.07. The van der Waals surface area contributed by atoms with E-state index in [0.29, 0.717) is 23.0 Å². The van der Waals surface area contributed by atoms with Crippen molar-refractivity contribution in [3.8, 4) is 11.6 Å². The standard InChI is InChI=1S/C22H17F6N3O2S/c1-31(12-13-8-14(21(23,24)25)10-15(9-13)22(26,27)28)19(32)17-11-29-20(34-2)30-18(17)33-16-6-4-3-5-7-16/h3-11H,12H2,1-2H3. The maximum atomic E-state index is 13.1. The number of carbonyl (C=O) groups excluding carboxylic acids is 1. The number of halogens is 6. The Morgan fingerprint density at radius 1 is 1.00 bits per heavy atom. The minimum atomic E-state index is -4.99. The van der Waals surface area contributed by atoms with Gasteiger partial charge in [0.2, 0.25) is 5.88 Å². The van der Waals surface area contributed by atoms with E-state index in [9.17, 15) is 31.1 Å². The van der Waals surface area contributed by atoms with Crippen molar-refractivity contribution in [3.05, 3.63) is 77.0 Å². The van der Waals surface area contributed by atoms with E-state index in [0.717, 1.165) is 4.90 Å². The summed E-state index contributed by atoms with van der Waals surface area (Å²) in [5.74, 6) is -0.468. The molecule has 12 heteroatoms. The highest BCUT2D eigenvalue weighted by Gasteiger charge is 2.37. The van der Waals surface area contributed by atoms with Crippen LogP contribution in [-0.4, -0.2) is 34.1 Å². The van der Waals surface area contributed by atoms with E-state index in [2.05, 4.69) is 9.97 Å². The van der Waals surface area contributed by atoms with Gasteiger partial charge in [-0.1, -0.05) is 30.0 Å². The molecule has 1 amide bonds. The van der Waals surface area contributed by atoms with Crippen LogP contribution in [0.3, 0.4) is 0 Å². The van der Waals surface area contributed by atoms with Crippen molar-refractivity contribution in [3.63, 3.8) is 0 Å². The number of aromatic nitrogens is 2. The lowest BCUT2D eigenvalue weighted by molar-refractivity contribution is -0.143. The van der Waals surface area contributed by atoms with Crippen LogP contribution < -0.4 is 4.74 Å². The van der Waals surface area contributed by atoms with Gasteiger partial charge in [0.05, 0.1) is 11.1 Å². The molecule has 1 aromatic heterocycles. The van der Waals surface area contributed by atoms with E-state index in [4.69, 9.17) is 4.74 Å². The predicted octanol–water partition coefficient (Wildman–Crippen LogP) is 6.30. The molecule has 0 aliphatic rings. The molecule has 180 valence electrons. The number of para-hydroxylation sites is 1. The molecule has 0 bridgehead atoms. The molecule has 3 rings (SSSR count). The maximum absolute atomic E-state index is 13.1. The summed E-state index contributed by atoms with van der Waals surface area (Å²) in [7, 11) is 1.24. The van der Waals surface area contributed by atoms with Crippen molar-refractivity contribution in [1.82, 2.24) is 14.9 Å². The molecule has 0 atom stereocenters. The molecule has 34 heavy (non-hydrogen) atoms. The zero-order chi connectivity index (χ0) is 25.1. The van der Waals surface area contributed by atoms with Crippen LogP contribution in [0.5, 0.6) is 11.6 Å². The Kier molecular flexibility index (Phi) is 7.39. The van der Waals surface area contributed by atoms with Crippen LogP contribution >= 0.6 is 11.8 Å². The first kappa shape index (κ1) is 25.3. The zero-order valence-corrected chi connectivity index (χ0v) is 18.6. The third kappa shape index (κ3) is 6.19. The molecule has 0 aliphatic carbocycles. The van der Waals surface area contributed by atoms with E-state index in [1.165, 1.54) is 25.0 Å². The minimum Gasteiger partial charge on any atom is -0.438 e. The molecule has 0 N–H and O–H groups in total. The van der Waals surface area contributed by atoms with Gasteiger partial charge in [0.25, 0.3) is 5.91 Å². The number of rotatable bonds is 6. The molecule has 0 saturated heterocycles. The van der Waals surface area contributed by atoms with Gasteiger partial charge in [-0.2, -0.15) is 31.3 Å². The van der Waals surface area contributed by atoms with E-state index >= 15 is 0 Å². The molecule has 1 heterocycles. The number of amides is 1. The molecule has 5 nitrogen and oxygen atoms in total. The molecule has 2 aromatic carbocycles. The average molecular weight is 501 g/mol. The lowest BCUT2D eigenvalue weighted by atomic mass is 10.0. The quantitative estimate of drug-likeness (QED) is 0.225. The largest absolute Gasteiger partial charge is 0.438 e. The normalized spacial score (nSPS) is 11.9. The van der Waals surface area contributed by atoms with Crippen molar-refractivity contribution < 1.29 is 35.9 Å². The van der Waals surface area contributed by atoms with Gasteiger partial charge in [-0.3, -0.25) is 4.79 Å². The smallest absolute Gasteiger partial charge is 0.416 e. The summed E-state index contributed by atoms with van der Waals surface area (Å²) in [6, 6.07) is 9.59. The molecule has 0 spiro atoms. The summed E-state index contributed by atoms with van der Waals surface area (Å²) < 4.78 is 84.6. The van der Waals surface area contributed by atoms with Gasteiger partial charge < -0.3 is 9.64 Å². The second-order valence-corrected chi connectivity index (χ2v) is 7.84. The SMILES string of the molecule is CSc1ncc(C(=O)N(C)Cc2cc(C(F)(F)F)cc(C(F)(F)F)c2)c(Oc2ccccc2)n1. The lowest BCUT2D eigenvalue weighted by Crippen LogP contribution is -2.27. The highest BCUT2D eigenvalue weighted by Crippen LogP contribution is 2.36. The first-order valence-electron chi connectivity index (χ1n) is 9.56. The van der Waals surface area contributed by atoms with Crippen LogP contribution in [0, 0.1) is 0 Å². The average Bonchev–Trinajstić information content (AvgIpc) is 2.78. The number of hydrogen-bond acceptors (Lipinski definition) is 5. The van der Waals surface area contributed by atoms with Gasteiger partial charge in [0.15, 0.2) is 5.16 Å². The molecule has 0 radical (unpaired) electrons. The third-order valence-corrected chi connectivity index (χ3v) is 5.08. The van der Waals surface area contributed by atoms with Gasteiger partial charge in [0.1, 0.15) is 11.3 Å². The fourth-order valence-corrected chi connectivity index (χ4v) is 3.27. The minimum absolute atomic E-state index is 0.0338. The Balaban J connectivity index is 1.93. The summed E-state index contributed by atoms with van der Waals surface area (Å²) in [4.78, 5) is 22.2. The Morgan fingerprint density at radius 3 is 2.12 bits per heavy atom. The third-order valence-electron chi connectivity index (χ3n) is 4.52. The monoisotopic (exact) mass is 501 g/mol. The second kappa shape index (κ2) is 9.92. The van der Waals surface area contributed by atoms with E-state index < -0.39 is 35.9 Å². The number of alkyl halides is 6. The fraction of sp³-hybridized carbons (Fsp3) is 0.227. The summed E-state index contributed by atoms with van der Waals surface area (Å²) in [6.07, 6.45) is -7.07. The Morgan fingerprint density at radius 2 is 1.59 bits per heavy atom. The van der Waals surface area contributed by atoms with Crippen LogP contribution in [0.4, 0.5) is 26.3 Å². The van der Waals surface area contributed by atoms with E-state index in [-0.39, 0.29) is 23.1 Å². The summed E-state index contributed by atoms with van der Waals surface area (Å²) in [5, 5.41) is 0.304. The van der Waals surface area contributed by atoms with Crippen molar-refractivity contribution in [1.29, 1.82) is 0 Å². The molecule has 0 unspecified atom stereocenters. The number of carbonyl (C=O) groups is 1. The molecule has 3 aromatic rings. The highest BCUT2D eigenvalue weighted by molar-refractivity contribution is 7.98. The number of hydrogen-bond donors (Lipinski definition) is 0. The van der Waals surface area contributed by atoms with Gasteiger partial charge in [0, 0.05) is 19.8 Å². The molecule has 0 aliphatic heterocycles. The summed E-state index contributed by atoms with van der Waals surface area (Å²) >= 11 is 1.19. The van der Waals surface area contributed by atoms with Gasteiger partial charge >= 0.3 is 12.4 Å². The van der Waals surface area contributed by atoms with Crippen LogP contribution in [0.15, 0.2) is 59.9 Å². The Labute approximate surface area is 194 Å². The topological polar surface area (TPSA) is 55.3 Å². The zero-order valence-electron chi connectivity index (χ0n) is 17.7. The Hall–Kier alpha value is -3.28. The summed E-state index contributed by atoms with van der Waals surface area (Å²) in [6.45, 7) is -0.527. The molecular formula is C22H17F6N3O2S. The molecule has 0 saturated carbocycles. The molecular weight excluding hydrogens is 484 g/mol. The highest BCUT2D eigenvalue weighted by atomic mass is 32.2. The van der Waals surface area contributed by atoms with Crippen LogP contribution in [0.25, 0.3) is 0 Å². The van der Waals surface area contributed by atoms with Crippen LogP contribution in [0.2, 0.25) is 0 Å². The lowest BCUT2D eigenvalue weighted by Gasteiger charge is -2.20. The predicted molar refractivity (Wildman–Crippen MR) is 113 cm³/mol. The fourth-order valence-electron chi connectivity index (χ4n) is 2.94. The van der Waals surface area contributed by atoms with Crippen molar-refractivity contribution in [2.24, 2.45) is 0 Å². The number of benzene rings is 2. The van der Waals surface area contributed by atoms with E-state index in [1.54, 1.807) is 36.6 Å². The van der Waals surface area contributed by atoms with E-state index in [1.807, 2.05) is 0 Å². The van der Waals surface area contributed by atoms with Crippen LogP contribution in [-0.2, 0) is 18.9 Å². The van der Waals surface area contributed by atoms with Crippen molar-refractivity contribution >= 4 is 17.7 Å². The Bertz CT molecular complexity index is 1140. The first-order valence-corrected chi connectivity index (χ1v) is 10.8. The first-order chi connectivity index (χ1) is 15.9. The maximum Gasteiger partial charge on any atom is 0.416 e. The number of thioether (sulfide) groups is 1. The number of nitrogens with zero attached hydrogens (tertiary/aromatic N) is 3. The number of ether oxygens (including phenoxy) is 1. The molecule has 0 fully saturated rings. The van der Waals surface area contributed by atoms with Crippen molar-refractivity contribution in [2.45, 2.75) is 24.1 Å². The van der Waals surface area contributed by atoms with Gasteiger partial charge in [-0.05, 0) is 42.2 Å². The van der Waals surface area contributed by atoms with Gasteiger partial charge in [-0.15, -0.1) is 0 Å².